The first-order valence-electron chi connectivity index (χ1n) is 5.85. The molecule has 0 radical (unpaired) electrons. The number of benzene rings is 1. The van der Waals surface area contributed by atoms with E-state index in [1.165, 1.54) is 12.1 Å². The van der Waals surface area contributed by atoms with Gasteiger partial charge in [-0.2, -0.15) is 13.2 Å². The van der Waals surface area contributed by atoms with E-state index < -0.39 is 23.8 Å². The van der Waals surface area contributed by atoms with Gasteiger partial charge in [0.2, 0.25) is 0 Å². The predicted octanol–water partition coefficient (Wildman–Crippen LogP) is 2.45. The Kier molecular flexibility index (Phi) is 4.94. The first-order valence-corrected chi connectivity index (χ1v) is 5.85. The van der Waals surface area contributed by atoms with Crippen LogP contribution < -0.4 is 5.32 Å². The Bertz CT molecular complexity index is 444. The first kappa shape index (κ1) is 15.5. The van der Waals surface area contributed by atoms with Gasteiger partial charge in [0, 0.05) is 12.1 Å². The van der Waals surface area contributed by atoms with Crippen LogP contribution in [0.2, 0.25) is 0 Å². The number of hydrogen-bond donors (Lipinski definition) is 2. The zero-order chi connectivity index (χ0) is 14.6. The van der Waals surface area contributed by atoms with Gasteiger partial charge >= 0.3 is 6.18 Å². The lowest BCUT2D eigenvalue weighted by Gasteiger charge is -2.15. The van der Waals surface area contributed by atoms with E-state index in [1.54, 1.807) is 13.8 Å². The summed E-state index contributed by atoms with van der Waals surface area (Å²) in [5.74, 6) is -0.674. The number of amides is 1. The van der Waals surface area contributed by atoms with Crippen LogP contribution in [0.5, 0.6) is 0 Å². The molecule has 0 spiro atoms. The Balaban J connectivity index is 2.73. The topological polar surface area (TPSA) is 49.3 Å². The largest absolute Gasteiger partial charge is 0.416 e. The molecular weight excluding hydrogens is 259 g/mol. The van der Waals surface area contributed by atoms with Crippen LogP contribution >= 0.6 is 0 Å². The van der Waals surface area contributed by atoms with E-state index in [9.17, 15) is 23.1 Å². The average molecular weight is 275 g/mol. The molecule has 1 aromatic carbocycles. The van der Waals surface area contributed by atoms with E-state index >= 15 is 0 Å². The SMILES string of the molecule is CC(C)C(O)CNC(=O)c1cccc(C(F)(F)F)c1. The smallest absolute Gasteiger partial charge is 0.391 e. The lowest BCUT2D eigenvalue weighted by Crippen LogP contribution is -2.34. The van der Waals surface area contributed by atoms with E-state index in [4.69, 9.17) is 0 Å². The van der Waals surface area contributed by atoms with Crippen molar-refractivity contribution in [3.8, 4) is 0 Å². The molecule has 0 aliphatic heterocycles. The van der Waals surface area contributed by atoms with Gasteiger partial charge in [-0.3, -0.25) is 4.79 Å². The molecule has 0 bridgehead atoms. The number of carbonyl (C=O) groups is 1. The standard InChI is InChI=1S/C13H16F3NO2/c1-8(2)11(18)7-17-12(19)9-4-3-5-10(6-9)13(14,15)16/h3-6,8,11,18H,7H2,1-2H3,(H,17,19). The van der Waals surface area contributed by atoms with Crippen molar-refractivity contribution < 1.29 is 23.1 Å². The van der Waals surface area contributed by atoms with Crippen LogP contribution in [0.4, 0.5) is 13.2 Å². The zero-order valence-electron chi connectivity index (χ0n) is 10.7. The second-order valence-electron chi connectivity index (χ2n) is 4.60. The summed E-state index contributed by atoms with van der Waals surface area (Å²) in [6, 6.07) is 4.17. The van der Waals surface area contributed by atoms with Gasteiger partial charge < -0.3 is 10.4 Å². The number of hydrogen-bond acceptors (Lipinski definition) is 2. The quantitative estimate of drug-likeness (QED) is 0.886. The molecule has 1 atom stereocenters. The van der Waals surface area contributed by atoms with Crippen LogP contribution in [-0.4, -0.2) is 23.7 Å². The minimum atomic E-state index is -4.48. The zero-order valence-corrected chi connectivity index (χ0v) is 10.7. The van der Waals surface area contributed by atoms with E-state index in [0.717, 1.165) is 12.1 Å². The molecule has 2 N–H and O–H groups in total. The molecule has 0 fully saturated rings. The second kappa shape index (κ2) is 6.06. The number of alkyl halides is 3. The van der Waals surface area contributed by atoms with Crippen LogP contribution in [0.1, 0.15) is 29.8 Å². The van der Waals surface area contributed by atoms with Crippen molar-refractivity contribution in [1.82, 2.24) is 5.32 Å². The fraction of sp³-hybridized carbons (Fsp3) is 0.462. The second-order valence-corrected chi connectivity index (χ2v) is 4.60. The maximum Gasteiger partial charge on any atom is 0.416 e. The number of halogens is 3. The Labute approximate surface area is 109 Å². The summed E-state index contributed by atoms with van der Waals surface area (Å²) >= 11 is 0. The molecule has 19 heavy (non-hydrogen) atoms. The highest BCUT2D eigenvalue weighted by Crippen LogP contribution is 2.29. The van der Waals surface area contributed by atoms with E-state index in [-0.39, 0.29) is 18.0 Å². The number of aliphatic hydroxyl groups excluding tert-OH is 1. The third-order valence-corrected chi connectivity index (χ3v) is 2.69. The minimum absolute atomic E-state index is 0.00669. The molecule has 0 aliphatic carbocycles. The highest BCUT2D eigenvalue weighted by molar-refractivity contribution is 5.94. The Morgan fingerprint density at radius 1 is 1.37 bits per heavy atom. The maximum absolute atomic E-state index is 12.5. The third kappa shape index (κ3) is 4.55. The van der Waals surface area contributed by atoms with Crippen molar-refractivity contribution in [3.05, 3.63) is 35.4 Å². The fourth-order valence-corrected chi connectivity index (χ4v) is 1.37. The highest BCUT2D eigenvalue weighted by Gasteiger charge is 2.30. The normalized spacial score (nSPS) is 13.4. The molecule has 1 rings (SSSR count). The lowest BCUT2D eigenvalue weighted by atomic mass is 10.1. The first-order chi connectivity index (χ1) is 8.71. The summed E-state index contributed by atoms with van der Waals surface area (Å²) in [5.41, 5.74) is -0.949. The van der Waals surface area contributed by atoms with E-state index in [0.29, 0.717) is 0 Å². The van der Waals surface area contributed by atoms with Crippen molar-refractivity contribution >= 4 is 5.91 Å². The molecule has 0 saturated carbocycles. The monoisotopic (exact) mass is 275 g/mol. The molecule has 1 aromatic rings. The molecular formula is C13H16F3NO2. The predicted molar refractivity (Wildman–Crippen MR) is 64.6 cm³/mol. The van der Waals surface area contributed by atoms with Gasteiger partial charge in [0.25, 0.3) is 5.91 Å². The van der Waals surface area contributed by atoms with Gasteiger partial charge in [-0.15, -0.1) is 0 Å². The van der Waals surface area contributed by atoms with Gasteiger partial charge in [0.05, 0.1) is 11.7 Å². The minimum Gasteiger partial charge on any atom is -0.391 e. The Morgan fingerprint density at radius 2 is 2.00 bits per heavy atom. The summed E-state index contributed by atoms with van der Waals surface area (Å²) in [7, 11) is 0. The van der Waals surface area contributed by atoms with Gasteiger partial charge in [-0.05, 0) is 24.1 Å². The van der Waals surface area contributed by atoms with Gasteiger partial charge in [0.1, 0.15) is 0 Å². The van der Waals surface area contributed by atoms with E-state index in [2.05, 4.69) is 5.32 Å². The molecule has 6 heteroatoms. The van der Waals surface area contributed by atoms with Crippen molar-refractivity contribution in [2.75, 3.05) is 6.54 Å². The third-order valence-electron chi connectivity index (χ3n) is 2.69. The van der Waals surface area contributed by atoms with Gasteiger partial charge in [0.15, 0.2) is 0 Å². The van der Waals surface area contributed by atoms with Crippen LogP contribution in [0.3, 0.4) is 0 Å². The number of rotatable bonds is 4. The summed E-state index contributed by atoms with van der Waals surface area (Å²) in [4.78, 5) is 11.7. The van der Waals surface area contributed by atoms with E-state index in [1.807, 2.05) is 0 Å². The fourth-order valence-electron chi connectivity index (χ4n) is 1.37. The molecule has 0 aliphatic rings. The summed E-state index contributed by atoms with van der Waals surface area (Å²) < 4.78 is 37.4. The average Bonchev–Trinajstić information content (AvgIpc) is 2.34. The Hall–Kier alpha value is -1.56. The van der Waals surface area contributed by atoms with Crippen LogP contribution in [0, 0.1) is 5.92 Å². The van der Waals surface area contributed by atoms with Gasteiger partial charge in [-0.25, -0.2) is 0 Å². The summed E-state index contributed by atoms with van der Waals surface area (Å²) in [6.45, 7) is 3.56. The number of carbonyl (C=O) groups excluding carboxylic acids is 1. The molecule has 1 amide bonds. The molecule has 0 aromatic heterocycles. The van der Waals surface area contributed by atoms with Crippen molar-refractivity contribution in [2.45, 2.75) is 26.1 Å². The number of nitrogens with one attached hydrogen (secondary N) is 1. The molecule has 106 valence electrons. The maximum atomic E-state index is 12.5. The van der Waals surface area contributed by atoms with Crippen molar-refractivity contribution in [1.29, 1.82) is 0 Å². The highest BCUT2D eigenvalue weighted by atomic mass is 19.4. The van der Waals surface area contributed by atoms with Crippen molar-refractivity contribution in [3.63, 3.8) is 0 Å². The summed E-state index contributed by atoms with van der Waals surface area (Å²) in [6.07, 6.45) is -5.21. The lowest BCUT2D eigenvalue weighted by molar-refractivity contribution is -0.137. The van der Waals surface area contributed by atoms with Gasteiger partial charge in [-0.1, -0.05) is 19.9 Å². The van der Waals surface area contributed by atoms with Crippen LogP contribution in [0.25, 0.3) is 0 Å². The van der Waals surface area contributed by atoms with Crippen LogP contribution in [-0.2, 0) is 6.18 Å². The van der Waals surface area contributed by atoms with Crippen LogP contribution in [0.15, 0.2) is 24.3 Å². The molecule has 3 nitrogen and oxygen atoms in total. The molecule has 1 unspecified atom stereocenters. The summed E-state index contributed by atoms with van der Waals surface area (Å²) in [5, 5.41) is 11.9. The number of aliphatic hydroxyl groups is 1. The van der Waals surface area contributed by atoms with Crippen molar-refractivity contribution in [2.24, 2.45) is 5.92 Å². The molecule has 0 heterocycles. The Morgan fingerprint density at radius 3 is 2.53 bits per heavy atom. The molecule has 0 saturated heterocycles.